The molecule has 114 valence electrons. The molecule has 0 saturated carbocycles. The van der Waals surface area contributed by atoms with Crippen molar-refractivity contribution in [1.29, 1.82) is 0 Å². The lowest BCUT2D eigenvalue weighted by Crippen LogP contribution is -2.21. The number of fused-ring (bicyclic) bond motifs is 1. The van der Waals surface area contributed by atoms with Gasteiger partial charge < -0.3 is 10.2 Å². The number of pyridine rings is 1. The van der Waals surface area contributed by atoms with Crippen LogP contribution < -0.4 is 15.8 Å². The summed E-state index contributed by atoms with van der Waals surface area (Å²) in [6.45, 7) is 0.584. The third kappa shape index (κ3) is 2.67. The van der Waals surface area contributed by atoms with Crippen LogP contribution in [0.4, 0.5) is 11.8 Å². The fourth-order valence-electron chi connectivity index (χ4n) is 2.15. The number of nitrogens with one attached hydrogen (secondary N) is 1. The van der Waals surface area contributed by atoms with Crippen molar-refractivity contribution >= 4 is 33.3 Å². The molecule has 3 rings (SSSR count). The highest BCUT2D eigenvalue weighted by molar-refractivity contribution is 7.16. The van der Waals surface area contributed by atoms with E-state index in [1.165, 1.54) is 11.3 Å². The average Bonchev–Trinajstić information content (AvgIpc) is 2.98. The number of hydrogen-bond acceptors (Lipinski definition) is 6. The standard InChI is InChI=1S/C15H17N5OS/c1-19(2)12-8-10(4-6-16-12)9-17-15-18-13-11(5-7-22-13)14(21)20(15)3/h4-8H,9H2,1-3H3,(H,17,18). The van der Waals surface area contributed by atoms with Gasteiger partial charge in [0.1, 0.15) is 10.6 Å². The molecule has 0 atom stereocenters. The Morgan fingerprint density at radius 2 is 2.18 bits per heavy atom. The van der Waals surface area contributed by atoms with E-state index in [2.05, 4.69) is 15.3 Å². The van der Waals surface area contributed by atoms with E-state index in [0.717, 1.165) is 16.2 Å². The average molecular weight is 315 g/mol. The molecule has 0 amide bonds. The first-order valence-corrected chi connectivity index (χ1v) is 7.74. The maximum atomic E-state index is 12.2. The lowest BCUT2D eigenvalue weighted by atomic mass is 10.2. The number of anilines is 2. The smallest absolute Gasteiger partial charge is 0.263 e. The van der Waals surface area contributed by atoms with E-state index in [-0.39, 0.29) is 5.56 Å². The van der Waals surface area contributed by atoms with E-state index < -0.39 is 0 Å². The number of hydrogen-bond donors (Lipinski definition) is 1. The summed E-state index contributed by atoms with van der Waals surface area (Å²) in [6.07, 6.45) is 1.78. The van der Waals surface area contributed by atoms with Crippen LogP contribution in [0, 0.1) is 0 Å². The first-order chi connectivity index (χ1) is 10.6. The van der Waals surface area contributed by atoms with Crippen LogP contribution in [0.3, 0.4) is 0 Å². The van der Waals surface area contributed by atoms with Gasteiger partial charge in [-0.3, -0.25) is 9.36 Å². The highest BCUT2D eigenvalue weighted by Gasteiger charge is 2.09. The molecule has 3 heterocycles. The van der Waals surface area contributed by atoms with Crippen molar-refractivity contribution in [1.82, 2.24) is 14.5 Å². The second-order valence-electron chi connectivity index (χ2n) is 5.21. The summed E-state index contributed by atoms with van der Waals surface area (Å²) in [4.78, 5) is 23.8. The molecule has 0 unspecified atom stereocenters. The molecule has 3 aromatic rings. The number of thiophene rings is 1. The van der Waals surface area contributed by atoms with Crippen LogP contribution >= 0.6 is 11.3 Å². The summed E-state index contributed by atoms with van der Waals surface area (Å²) >= 11 is 1.47. The second-order valence-corrected chi connectivity index (χ2v) is 6.10. The third-order valence-corrected chi connectivity index (χ3v) is 4.23. The molecule has 1 N–H and O–H groups in total. The summed E-state index contributed by atoms with van der Waals surface area (Å²) in [6, 6.07) is 5.77. The van der Waals surface area contributed by atoms with Crippen molar-refractivity contribution in [3.8, 4) is 0 Å². The third-order valence-electron chi connectivity index (χ3n) is 3.42. The number of aromatic nitrogens is 3. The summed E-state index contributed by atoms with van der Waals surface area (Å²) in [5.74, 6) is 1.47. The molecule has 0 aliphatic heterocycles. The number of rotatable bonds is 4. The van der Waals surface area contributed by atoms with E-state index in [1.807, 2.05) is 42.6 Å². The van der Waals surface area contributed by atoms with Crippen molar-refractivity contribution in [2.24, 2.45) is 7.05 Å². The molecular formula is C15H17N5OS. The highest BCUT2D eigenvalue weighted by atomic mass is 32.1. The Hall–Kier alpha value is -2.41. The van der Waals surface area contributed by atoms with Crippen molar-refractivity contribution in [3.63, 3.8) is 0 Å². The first-order valence-electron chi connectivity index (χ1n) is 6.86. The molecule has 0 fully saturated rings. The van der Waals surface area contributed by atoms with Crippen molar-refractivity contribution < 1.29 is 0 Å². The Labute approximate surface area is 132 Å². The second kappa shape index (κ2) is 5.76. The van der Waals surface area contributed by atoms with Gasteiger partial charge in [0.15, 0.2) is 0 Å². The quantitative estimate of drug-likeness (QED) is 0.798. The molecule has 0 radical (unpaired) electrons. The highest BCUT2D eigenvalue weighted by Crippen LogP contribution is 2.17. The van der Waals surface area contributed by atoms with Crippen LogP contribution in [0.5, 0.6) is 0 Å². The number of nitrogens with zero attached hydrogens (tertiary/aromatic N) is 4. The van der Waals surface area contributed by atoms with Gasteiger partial charge in [0.25, 0.3) is 5.56 Å². The van der Waals surface area contributed by atoms with Gasteiger partial charge in [-0.2, -0.15) is 0 Å². The Bertz CT molecular complexity index is 868. The minimum absolute atomic E-state index is 0.0301. The molecule has 6 nitrogen and oxygen atoms in total. The van der Waals surface area contributed by atoms with Crippen LogP contribution in [0.15, 0.2) is 34.6 Å². The monoisotopic (exact) mass is 315 g/mol. The Morgan fingerprint density at radius 3 is 2.95 bits per heavy atom. The fourth-order valence-corrected chi connectivity index (χ4v) is 2.91. The van der Waals surface area contributed by atoms with Crippen LogP contribution in [0.25, 0.3) is 10.2 Å². The zero-order chi connectivity index (χ0) is 15.7. The Morgan fingerprint density at radius 1 is 1.36 bits per heavy atom. The molecule has 0 spiro atoms. The van der Waals surface area contributed by atoms with Gasteiger partial charge in [-0.15, -0.1) is 11.3 Å². The zero-order valence-corrected chi connectivity index (χ0v) is 13.5. The first kappa shape index (κ1) is 14.5. The molecule has 0 aliphatic rings. The predicted molar refractivity (Wildman–Crippen MR) is 90.8 cm³/mol. The fraction of sp³-hybridized carbons (Fsp3) is 0.267. The maximum absolute atomic E-state index is 12.2. The lowest BCUT2D eigenvalue weighted by Gasteiger charge is -2.13. The maximum Gasteiger partial charge on any atom is 0.263 e. The minimum Gasteiger partial charge on any atom is -0.363 e. The topological polar surface area (TPSA) is 63.1 Å². The van der Waals surface area contributed by atoms with Crippen molar-refractivity contribution in [3.05, 3.63) is 45.7 Å². The van der Waals surface area contributed by atoms with Gasteiger partial charge in [0, 0.05) is 33.9 Å². The molecule has 0 aromatic carbocycles. The molecule has 0 aliphatic carbocycles. The van der Waals surface area contributed by atoms with Crippen LogP contribution in [0.1, 0.15) is 5.56 Å². The van der Waals surface area contributed by atoms with Gasteiger partial charge in [-0.1, -0.05) is 0 Å². The molecule has 22 heavy (non-hydrogen) atoms. The lowest BCUT2D eigenvalue weighted by molar-refractivity contribution is 0.839. The largest absolute Gasteiger partial charge is 0.363 e. The molecule has 7 heteroatoms. The van der Waals surface area contributed by atoms with E-state index in [9.17, 15) is 4.79 Å². The van der Waals surface area contributed by atoms with Gasteiger partial charge >= 0.3 is 0 Å². The minimum atomic E-state index is -0.0301. The van der Waals surface area contributed by atoms with Gasteiger partial charge in [0.2, 0.25) is 5.95 Å². The van der Waals surface area contributed by atoms with E-state index in [0.29, 0.717) is 17.9 Å². The van der Waals surface area contributed by atoms with Crippen LogP contribution in [0.2, 0.25) is 0 Å². The van der Waals surface area contributed by atoms with E-state index in [1.54, 1.807) is 17.8 Å². The Kier molecular flexibility index (Phi) is 3.81. The van der Waals surface area contributed by atoms with Gasteiger partial charge in [0.05, 0.1) is 5.39 Å². The molecule has 3 aromatic heterocycles. The van der Waals surface area contributed by atoms with Crippen LogP contribution in [-0.4, -0.2) is 28.6 Å². The summed E-state index contributed by atoms with van der Waals surface area (Å²) in [7, 11) is 5.64. The molecule has 0 bridgehead atoms. The Balaban J connectivity index is 1.86. The van der Waals surface area contributed by atoms with E-state index >= 15 is 0 Å². The SMILES string of the molecule is CN(C)c1cc(CNc2nc3sccc3c(=O)n2C)ccn1. The predicted octanol–water partition coefficient (Wildman–Crippen LogP) is 2.07. The van der Waals surface area contributed by atoms with Crippen molar-refractivity contribution in [2.45, 2.75) is 6.54 Å². The van der Waals surface area contributed by atoms with E-state index in [4.69, 9.17) is 0 Å². The normalized spacial score (nSPS) is 10.9. The van der Waals surface area contributed by atoms with Crippen LogP contribution in [-0.2, 0) is 13.6 Å². The zero-order valence-electron chi connectivity index (χ0n) is 12.7. The van der Waals surface area contributed by atoms with Gasteiger partial charge in [-0.05, 0) is 29.1 Å². The molecule has 0 saturated heterocycles. The molecular weight excluding hydrogens is 298 g/mol. The summed E-state index contributed by atoms with van der Waals surface area (Å²) in [5, 5.41) is 5.78. The van der Waals surface area contributed by atoms with Gasteiger partial charge in [-0.25, -0.2) is 9.97 Å². The van der Waals surface area contributed by atoms with Crippen molar-refractivity contribution in [2.75, 3.05) is 24.3 Å². The summed E-state index contributed by atoms with van der Waals surface area (Å²) < 4.78 is 1.54. The summed E-state index contributed by atoms with van der Waals surface area (Å²) in [5.41, 5.74) is 1.05.